The van der Waals surface area contributed by atoms with E-state index in [1.807, 2.05) is 31.2 Å². The topological polar surface area (TPSA) is 67.2 Å². The number of carbonyl (C=O) groups excluding carboxylic acids is 1. The largest absolute Gasteiger partial charge is 0.299 e. The summed E-state index contributed by atoms with van der Waals surface area (Å²) in [5, 5.41) is 3.91. The molecule has 1 aliphatic heterocycles. The second kappa shape index (κ2) is 4.38. The third kappa shape index (κ3) is 1.95. The monoisotopic (exact) mass is 258 g/mol. The zero-order valence-electron chi connectivity index (χ0n) is 9.67. The average molecular weight is 258 g/mol. The molecule has 1 aliphatic rings. The summed E-state index contributed by atoms with van der Waals surface area (Å²) in [7, 11) is 0. The summed E-state index contributed by atoms with van der Waals surface area (Å²) < 4.78 is 0. The Balaban J connectivity index is 2.11. The lowest BCUT2D eigenvalue weighted by Crippen LogP contribution is -2.25. The van der Waals surface area contributed by atoms with Crippen molar-refractivity contribution in [2.45, 2.75) is 6.92 Å². The van der Waals surface area contributed by atoms with E-state index in [0.29, 0.717) is 5.75 Å². The maximum atomic E-state index is 11.0. The van der Waals surface area contributed by atoms with Crippen LogP contribution in [0, 0.1) is 6.92 Å². The van der Waals surface area contributed by atoms with Gasteiger partial charge in [-0.2, -0.15) is 5.10 Å². The highest BCUT2D eigenvalue weighted by Crippen LogP contribution is 2.17. The highest BCUT2D eigenvalue weighted by molar-refractivity contribution is 8.14. The molecule has 1 aromatic carbocycles. The molecule has 3 rings (SSSR count). The molecule has 0 radical (unpaired) electrons. The van der Waals surface area contributed by atoms with Gasteiger partial charge in [0.05, 0.1) is 22.4 Å². The van der Waals surface area contributed by atoms with Crippen LogP contribution in [0.2, 0.25) is 0 Å². The van der Waals surface area contributed by atoms with Crippen LogP contribution < -0.4 is 5.43 Å². The molecule has 0 bridgehead atoms. The van der Waals surface area contributed by atoms with Gasteiger partial charge in [0, 0.05) is 5.75 Å². The maximum absolute atomic E-state index is 11.0. The molecule has 90 valence electrons. The normalized spacial score (nSPS) is 15.4. The number of hydrogen-bond donors (Lipinski definition) is 1. The number of aryl methyl sites for hydroxylation is 1. The molecule has 2 heterocycles. The van der Waals surface area contributed by atoms with Crippen molar-refractivity contribution in [3.05, 3.63) is 35.7 Å². The lowest BCUT2D eigenvalue weighted by atomic mass is 10.2. The summed E-state index contributed by atoms with van der Waals surface area (Å²) in [5.41, 5.74) is 6.49. The van der Waals surface area contributed by atoms with Crippen molar-refractivity contribution in [1.82, 2.24) is 15.4 Å². The van der Waals surface area contributed by atoms with Gasteiger partial charge in [0.15, 0.2) is 0 Å². The molecule has 0 unspecified atom stereocenters. The predicted molar refractivity (Wildman–Crippen MR) is 71.8 cm³/mol. The number of aromatic nitrogens is 2. The molecule has 6 heteroatoms. The van der Waals surface area contributed by atoms with Gasteiger partial charge in [-0.1, -0.05) is 23.9 Å². The highest BCUT2D eigenvalue weighted by Gasteiger charge is 2.17. The van der Waals surface area contributed by atoms with Crippen molar-refractivity contribution in [3.63, 3.8) is 0 Å². The number of para-hydroxylation sites is 2. The van der Waals surface area contributed by atoms with Crippen LogP contribution in [0.5, 0.6) is 0 Å². The van der Waals surface area contributed by atoms with Gasteiger partial charge in [-0.25, -0.2) is 15.4 Å². The molecular weight excluding hydrogens is 248 g/mol. The Morgan fingerprint density at radius 3 is 2.61 bits per heavy atom. The minimum absolute atomic E-state index is 0.134. The summed E-state index contributed by atoms with van der Waals surface area (Å²) in [4.78, 5) is 20.1. The summed E-state index contributed by atoms with van der Waals surface area (Å²) in [5.74, 6) is 0.527. The van der Waals surface area contributed by atoms with E-state index in [2.05, 4.69) is 20.5 Å². The number of nitrogens with one attached hydrogen (secondary N) is 1. The zero-order valence-corrected chi connectivity index (χ0v) is 10.5. The number of benzene rings is 1. The number of thioether (sulfide) groups is 1. The third-order valence-electron chi connectivity index (χ3n) is 2.64. The SMILES string of the molecule is Cc1nc2ccccc2nc1C1=NNC(=O)SC1. The quantitative estimate of drug-likeness (QED) is 0.850. The minimum atomic E-state index is -0.134. The van der Waals surface area contributed by atoms with Gasteiger partial charge in [0.1, 0.15) is 5.69 Å². The molecule has 0 saturated heterocycles. The standard InChI is InChI=1S/C12H10N4OS/c1-7-11(10-6-18-12(17)16-15-10)14-9-5-3-2-4-8(9)13-7/h2-5H,6H2,1H3,(H,16,17). The fourth-order valence-electron chi connectivity index (χ4n) is 1.79. The van der Waals surface area contributed by atoms with Gasteiger partial charge in [0.2, 0.25) is 0 Å². The van der Waals surface area contributed by atoms with Crippen molar-refractivity contribution < 1.29 is 4.79 Å². The Morgan fingerprint density at radius 1 is 1.22 bits per heavy atom. The lowest BCUT2D eigenvalue weighted by Gasteiger charge is -2.12. The first kappa shape index (κ1) is 11.2. The molecule has 0 atom stereocenters. The first-order chi connectivity index (χ1) is 8.74. The molecule has 18 heavy (non-hydrogen) atoms. The fourth-order valence-corrected chi connectivity index (χ4v) is 2.37. The average Bonchev–Trinajstić information content (AvgIpc) is 2.39. The van der Waals surface area contributed by atoms with Crippen molar-refractivity contribution in [1.29, 1.82) is 0 Å². The van der Waals surface area contributed by atoms with Crippen LogP contribution in [0.1, 0.15) is 11.4 Å². The molecule has 0 fully saturated rings. The number of amides is 1. The van der Waals surface area contributed by atoms with Gasteiger partial charge in [-0.05, 0) is 19.1 Å². The molecule has 0 aliphatic carbocycles. The molecule has 0 spiro atoms. The van der Waals surface area contributed by atoms with Crippen molar-refractivity contribution >= 4 is 33.7 Å². The summed E-state index contributed by atoms with van der Waals surface area (Å²) in [6.07, 6.45) is 0. The number of hydrazone groups is 1. The van der Waals surface area contributed by atoms with Gasteiger partial charge in [-0.3, -0.25) is 4.79 Å². The number of hydrogen-bond acceptors (Lipinski definition) is 5. The van der Waals surface area contributed by atoms with E-state index in [1.54, 1.807) is 0 Å². The summed E-state index contributed by atoms with van der Waals surface area (Å²) >= 11 is 1.19. The van der Waals surface area contributed by atoms with Crippen molar-refractivity contribution in [2.24, 2.45) is 5.10 Å². The highest BCUT2D eigenvalue weighted by atomic mass is 32.2. The van der Waals surface area contributed by atoms with Gasteiger partial charge >= 0.3 is 0 Å². The van der Waals surface area contributed by atoms with Crippen LogP contribution in [-0.2, 0) is 0 Å². The van der Waals surface area contributed by atoms with E-state index >= 15 is 0 Å². The van der Waals surface area contributed by atoms with Crippen LogP contribution >= 0.6 is 11.8 Å². The molecule has 0 saturated carbocycles. The number of carbonyl (C=O) groups is 1. The van der Waals surface area contributed by atoms with Crippen LogP contribution in [0.3, 0.4) is 0 Å². The molecule has 2 aromatic rings. The Kier molecular flexibility index (Phi) is 2.71. The molecule has 5 nitrogen and oxygen atoms in total. The van der Waals surface area contributed by atoms with E-state index in [-0.39, 0.29) is 5.24 Å². The van der Waals surface area contributed by atoms with E-state index in [1.165, 1.54) is 11.8 Å². The van der Waals surface area contributed by atoms with Crippen LogP contribution in [0.4, 0.5) is 4.79 Å². The summed E-state index contributed by atoms with van der Waals surface area (Å²) in [6.45, 7) is 1.90. The van der Waals surface area contributed by atoms with Crippen LogP contribution in [-0.4, -0.2) is 26.7 Å². The van der Waals surface area contributed by atoms with Crippen LogP contribution in [0.25, 0.3) is 11.0 Å². The van der Waals surface area contributed by atoms with E-state index in [0.717, 1.165) is 28.1 Å². The Bertz CT molecular complexity index is 668. The van der Waals surface area contributed by atoms with E-state index < -0.39 is 0 Å². The zero-order chi connectivity index (χ0) is 12.5. The second-order valence-electron chi connectivity index (χ2n) is 3.89. The van der Waals surface area contributed by atoms with Gasteiger partial charge in [-0.15, -0.1) is 0 Å². The lowest BCUT2D eigenvalue weighted by molar-refractivity contribution is 0.261. The molecular formula is C12H10N4OS. The Labute approximate surface area is 108 Å². The molecule has 1 amide bonds. The van der Waals surface area contributed by atoms with Crippen LogP contribution in [0.15, 0.2) is 29.4 Å². The second-order valence-corrected chi connectivity index (χ2v) is 4.84. The number of nitrogens with zero attached hydrogens (tertiary/aromatic N) is 3. The Hall–Kier alpha value is -1.95. The third-order valence-corrected chi connectivity index (χ3v) is 3.41. The smallest absolute Gasteiger partial charge is 0.260 e. The Morgan fingerprint density at radius 2 is 1.94 bits per heavy atom. The first-order valence-corrected chi connectivity index (χ1v) is 6.46. The van der Waals surface area contributed by atoms with Gasteiger partial charge in [0.25, 0.3) is 5.24 Å². The number of fused-ring (bicyclic) bond motifs is 1. The van der Waals surface area contributed by atoms with E-state index in [4.69, 9.17) is 0 Å². The summed E-state index contributed by atoms with van der Waals surface area (Å²) in [6, 6.07) is 7.71. The fraction of sp³-hybridized carbons (Fsp3) is 0.167. The predicted octanol–water partition coefficient (Wildman–Crippen LogP) is 2.10. The van der Waals surface area contributed by atoms with Crippen molar-refractivity contribution in [2.75, 3.05) is 5.75 Å². The minimum Gasteiger partial charge on any atom is -0.260 e. The maximum Gasteiger partial charge on any atom is 0.299 e. The van der Waals surface area contributed by atoms with Gasteiger partial charge < -0.3 is 0 Å². The molecule has 1 aromatic heterocycles. The number of rotatable bonds is 1. The van der Waals surface area contributed by atoms with E-state index in [9.17, 15) is 4.79 Å². The van der Waals surface area contributed by atoms with Crippen molar-refractivity contribution in [3.8, 4) is 0 Å². The first-order valence-electron chi connectivity index (χ1n) is 5.47. The molecule has 1 N–H and O–H groups in total.